The van der Waals surface area contributed by atoms with Crippen LogP contribution in [0.1, 0.15) is 32.1 Å². The van der Waals surface area contributed by atoms with Crippen LogP contribution in [0, 0.1) is 0 Å². The van der Waals surface area contributed by atoms with Crippen LogP contribution in [0.3, 0.4) is 0 Å². The average Bonchev–Trinajstić information content (AvgIpc) is 2.14. The van der Waals surface area contributed by atoms with Gasteiger partial charge in [-0.05, 0) is 5.54 Å². The van der Waals surface area contributed by atoms with Gasteiger partial charge in [-0.25, -0.2) is 0 Å². The van der Waals surface area contributed by atoms with Crippen LogP contribution in [0.5, 0.6) is 0 Å². The van der Waals surface area contributed by atoms with Crippen LogP contribution in [0.4, 0.5) is 0 Å². The second-order valence-corrected chi connectivity index (χ2v) is 4.81. The fourth-order valence-corrected chi connectivity index (χ4v) is 2.86. The SMILES string of the molecule is COCOC[Si]C1CCCCC1. The summed E-state index contributed by atoms with van der Waals surface area (Å²) < 4.78 is 10.1. The highest BCUT2D eigenvalue weighted by Gasteiger charge is 2.13. The molecule has 70 valence electrons. The molecule has 3 heteroatoms. The lowest BCUT2D eigenvalue weighted by atomic mass is 10.0. The van der Waals surface area contributed by atoms with E-state index < -0.39 is 0 Å². The summed E-state index contributed by atoms with van der Waals surface area (Å²) >= 11 is 0. The van der Waals surface area contributed by atoms with E-state index in [0.29, 0.717) is 6.79 Å². The fourth-order valence-electron chi connectivity index (χ4n) is 1.61. The standard InChI is InChI=1S/C9H18O2Si/c1-10-7-11-8-12-9-5-3-2-4-6-9/h9H,2-8H2,1H3. The van der Waals surface area contributed by atoms with Gasteiger partial charge in [0.25, 0.3) is 0 Å². The number of rotatable bonds is 5. The Morgan fingerprint density at radius 2 is 2.00 bits per heavy atom. The van der Waals surface area contributed by atoms with Crippen molar-refractivity contribution in [1.82, 2.24) is 0 Å². The Hall–Kier alpha value is 0.137. The first-order valence-electron chi connectivity index (χ1n) is 4.73. The zero-order valence-electron chi connectivity index (χ0n) is 7.84. The third-order valence-electron chi connectivity index (χ3n) is 2.28. The smallest absolute Gasteiger partial charge is 0.145 e. The minimum absolute atomic E-state index is 0.458. The first kappa shape index (κ1) is 10.2. The number of methoxy groups -OCH3 is 1. The van der Waals surface area contributed by atoms with Crippen LogP contribution >= 0.6 is 0 Å². The van der Waals surface area contributed by atoms with E-state index in [4.69, 9.17) is 9.47 Å². The molecule has 2 radical (unpaired) electrons. The van der Waals surface area contributed by atoms with Gasteiger partial charge in [-0.1, -0.05) is 32.1 Å². The van der Waals surface area contributed by atoms with Crippen LogP contribution in [-0.2, 0) is 9.47 Å². The molecule has 12 heavy (non-hydrogen) atoms. The molecule has 0 aromatic carbocycles. The Labute approximate surface area is 77.5 Å². The molecule has 0 unspecified atom stereocenters. The molecule has 0 aromatic heterocycles. The molecule has 0 aromatic rings. The van der Waals surface area contributed by atoms with E-state index in [1.807, 2.05) is 0 Å². The van der Waals surface area contributed by atoms with E-state index in [9.17, 15) is 0 Å². The summed E-state index contributed by atoms with van der Waals surface area (Å²) in [4.78, 5) is 0. The van der Waals surface area contributed by atoms with Crippen molar-refractivity contribution in [2.75, 3.05) is 20.1 Å². The van der Waals surface area contributed by atoms with E-state index >= 15 is 0 Å². The molecule has 0 amide bonds. The first-order valence-corrected chi connectivity index (χ1v) is 6.02. The van der Waals surface area contributed by atoms with Crippen molar-refractivity contribution >= 4 is 9.52 Å². The highest BCUT2D eigenvalue weighted by Crippen LogP contribution is 2.27. The van der Waals surface area contributed by atoms with Gasteiger partial charge in [0.05, 0.1) is 9.52 Å². The summed E-state index contributed by atoms with van der Waals surface area (Å²) in [6.07, 6.45) is 8.06. The monoisotopic (exact) mass is 186 g/mol. The lowest BCUT2D eigenvalue weighted by Crippen LogP contribution is -2.14. The molecule has 0 saturated heterocycles. The topological polar surface area (TPSA) is 18.5 Å². The second-order valence-electron chi connectivity index (χ2n) is 3.29. The molecule has 0 spiro atoms. The predicted octanol–water partition coefficient (Wildman–Crippen LogP) is 2.02. The summed E-state index contributed by atoms with van der Waals surface area (Å²) in [5.41, 5.74) is 0.954. The van der Waals surface area contributed by atoms with Crippen LogP contribution in [0.2, 0.25) is 5.54 Å². The Morgan fingerprint density at radius 3 is 2.67 bits per heavy atom. The van der Waals surface area contributed by atoms with Crippen LogP contribution in [0.25, 0.3) is 0 Å². The molecular weight excluding hydrogens is 168 g/mol. The number of ether oxygens (including phenoxy) is 2. The Bertz CT molecular complexity index is 103. The van der Waals surface area contributed by atoms with Crippen molar-refractivity contribution in [1.29, 1.82) is 0 Å². The summed E-state index contributed by atoms with van der Waals surface area (Å²) in [5.74, 6) is 0. The molecule has 0 bridgehead atoms. The maximum atomic E-state index is 5.28. The third-order valence-corrected chi connectivity index (χ3v) is 3.81. The summed E-state index contributed by atoms with van der Waals surface area (Å²) in [6, 6.07) is 0. The van der Waals surface area contributed by atoms with Gasteiger partial charge in [0.15, 0.2) is 0 Å². The number of hydrogen-bond acceptors (Lipinski definition) is 2. The molecule has 1 aliphatic carbocycles. The molecule has 1 saturated carbocycles. The molecule has 1 aliphatic rings. The summed E-state index contributed by atoms with van der Waals surface area (Å²) in [6.45, 7) is 0.458. The van der Waals surface area contributed by atoms with Gasteiger partial charge in [0, 0.05) is 13.3 Å². The van der Waals surface area contributed by atoms with Crippen LogP contribution < -0.4 is 0 Å². The van der Waals surface area contributed by atoms with Crippen molar-refractivity contribution in [2.24, 2.45) is 0 Å². The van der Waals surface area contributed by atoms with Crippen molar-refractivity contribution in [3.8, 4) is 0 Å². The minimum atomic E-state index is 0.458. The lowest BCUT2D eigenvalue weighted by molar-refractivity contribution is -0.0126. The largest absolute Gasteiger partial charge is 0.359 e. The molecule has 2 nitrogen and oxygen atoms in total. The van der Waals surface area contributed by atoms with Gasteiger partial charge >= 0.3 is 0 Å². The summed E-state index contributed by atoms with van der Waals surface area (Å²) in [5, 5.41) is 0. The lowest BCUT2D eigenvalue weighted by Gasteiger charge is -2.20. The first-order chi connectivity index (χ1) is 5.93. The van der Waals surface area contributed by atoms with Gasteiger partial charge in [0.2, 0.25) is 0 Å². The van der Waals surface area contributed by atoms with Crippen molar-refractivity contribution < 1.29 is 9.47 Å². The van der Waals surface area contributed by atoms with E-state index in [-0.39, 0.29) is 0 Å². The molecule has 0 N–H and O–H groups in total. The van der Waals surface area contributed by atoms with Crippen LogP contribution in [0.15, 0.2) is 0 Å². The maximum absolute atomic E-state index is 5.28. The van der Waals surface area contributed by atoms with Crippen LogP contribution in [-0.4, -0.2) is 29.7 Å². The molecule has 1 fully saturated rings. The predicted molar refractivity (Wildman–Crippen MR) is 50.4 cm³/mol. The van der Waals surface area contributed by atoms with Gasteiger partial charge < -0.3 is 9.47 Å². The Balaban J connectivity index is 1.91. The van der Waals surface area contributed by atoms with E-state index in [1.54, 1.807) is 7.11 Å². The van der Waals surface area contributed by atoms with Gasteiger partial charge in [-0.3, -0.25) is 0 Å². The van der Waals surface area contributed by atoms with Gasteiger partial charge in [-0.15, -0.1) is 0 Å². The van der Waals surface area contributed by atoms with Crippen molar-refractivity contribution in [3.05, 3.63) is 0 Å². The number of hydrogen-bond donors (Lipinski definition) is 0. The van der Waals surface area contributed by atoms with Crippen molar-refractivity contribution in [3.63, 3.8) is 0 Å². The molecule has 0 heterocycles. The zero-order chi connectivity index (χ0) is 8.65. The Morgan fingerprint density at radius 1 is 1.25 bits per heavy atom. The highest BCUT2D eigenvalue weighted by atomic mass is 28.2. The summed E-state index contributed by atoms with van der Waals surface area (Å²) in [7, 11) is 2.66. The van der Waals surface area contributed by atoms with E-state index in [2.05, 4.69) is 0 Å². The molecular formula is C9H18O2Si. The molecule has 0 atom stereocenters. The van der Waals surface area contributed by atoms with E-state index in [0.717, 1.165) is 21.3 Å². The average molecular weight is 186 g/mol. The normalized spacial score (nSPS) is 19.8. The molecule has 1 rings (SSSR count). The maximum Gasteiger partial charge on any atom is 0.145 e. The van der Waals surface area contributed by atoms with Crippen molar-refractivity contribution in [2.45, 2.75) is 37.6 Å². The fraction of sp³-hybridized carbons (Fsp3) is 1.00. The van der Waals surface area contributed by atoms with E-state index in [1.165, 1.54) is 32.1 Å². The highest BCUT2D eigenvalue weighted by molar-refractivity contribution is 6.37. The Kier molecular flexibility index (Phi) is 5.65. The third kappa shape index (κ3) is 4.23. The second kappa shape index (κ2) is 6.63. The van der Waals surface area contributed by atoms with Gasteiger partial charge in [-0.2, -0.15) is 0 Å². The zero-order valence-corrected chi connectivity index (χ0v) is 8.84. The van der Waals surface area contributed by atoms with Gasteiger partial charge in [0.1, 0.15) is 6.79 Å². The molecule has 0 aliphatic heterocycles. The minimum Gasteiger partial charge on any atom is -0.359 e. The quantitative estimate of drug-likeness (QED) is 0.371.